The van der Waals surface area contributed by atoms with Gasteiger partial charge in [-0.25, -0.2) is 0 Å². The molecule has 0 atom stereocenters. The van der Waals surface area contributed by atoms with Gasteiger partial charge in [-0.05, 0) is 46.4 Å². The fourth-order valence-electron chi connectivity index (χ4n) is 2.63. The summed E-state index contributed by atoms with van der Waals surface area (Å²) < 4.78 is 11.2. The molecule has 2 aliphatic heterocycles. The fraction of sp³-hybridized carbons (Fsp3) is 1.00. The third-order valence-electron chi connectivity index (χ3n) is 3.93. The van der Waals surface area contributed by atoms with E-state index in [1.165, 1.54) is 25.9 Å². The van der Waals surface area contributed by atoms with Crippen LogP contribution in [0.4, 0.5) is 0 Å². The minimum atomic E-state index is 0.0393. The Labute approximate surface area is 105 Å². The Bertz CT molecular complexity index is 211. The summed E-state index contributed by atoms with van der Waals surface area (Å²) in [7, 11) is 4.44. The van der Waals surface area contributed by atoms with E-state index in [2.05, 4.69) is 23.9 Å². The van der Waals surface area contributed by atoms with Gasteiger partial charge in [0.25, 0.3) is 0 Å². The lowest BCUT2D eigenvalue weighted by Crippen LogP contribution is -2.43. The first-order valence-electron chi connectivity index (χ1n) is 6.87. The second-order valence-corrected chi connectivity index (χ2v) is 5.33. The van der Waals surface area contributed by atoms with Crippen LogP contribution in [0.1, 0.15) is 25.7 Å². The number of likely N-dealkylation sites (tertiary alicyclic amines) is 1. The maximum absolute atomic E-state index is 5.58. The first kappa shape index (κ1) is 13.3. The Kier molecular flexibility index (Phi) is 5.22. The molecule has 2 rings (SSSR count). The molecule has 4 nitrogen and oxygen atoms in total. The van der Waals surface area contributed by atoms with Crippen LogP contribution in [0.5, 0.6) is 0 Å². The van der Waals surface area contributed by atoms with Gasteiger partial charge in [0.15, 0.2) is 6.29 Å². The molecule has 0 saturated carbocycles. The summed E-state index contributed by atoms with van der Waals surface area (Å²) in [5, 5.41) is 0. The van der Waals surface area contributed by atoms with Gasteiger partial charge in [-0.1, -0.05) is 0 Å². The molecule has 0 amide bonds. The number of hydrogen-bond donors (Lipinski definition) is 0. The molecule has 2 fully saturated rings. The smallest absolute Gasteiger partial charge is 0.158 e. The second kappa shape index (κ2) is 6.69. The van der Waals surface area contributed by atoms with Crippen LogP contribution >= 0.6 is 0 Å². The molecule has 0 bridgehead atoms. The van der Waals surface area contributed by atoms with Gasteiger partial charge >= 0.3 is 0 Å². The monoisotopic (exact) mass is 242 g/mol. The normalized spacial score (nSPS) is 25.6. The maximum Gasteiger partial charge on any atom is 0.158 e. The lowest BCUT2D eigenvalue weighted by molar-refractivity contribution is -0.183. The van der Waals surface area contributed by atoms with Crippen molar-refractivity contribution in [3.05, 3.63) is 0 Å². The number of hydrogen-bond acceptors (Lipinski definition) is 4. The van der Waals surface area contributed by atoms with Crippen molar-refractivity contribution in [3.8, 4) is 0 Å². The summed E-state index contributed by atoms with van der Waals surface area (Å²) in [6, 6.07) is 0.745. The van der Waals surface area contributed by atoms with Crippen LogP contribution in [0.2, 0.25) is 0 Å². The van der Waals surface area contributed by atoms with E-state index < -0.39 is 0 Å². The molecule has 100 valence electrons. The molecule has 0 aliphatic carbocycles. The van der Waals surface area contributed by atoms with Crippen LogP contribution in [0.3, 0.4) is 0 Å². The summed E-state index contributed by atoms with van der Waals surface area (Å²) in [4.78, 5) is 4.89. The van der Waals surface area contributed by atoms with Gasteiger partial charge in [-0.15, -0.1) is 0 Å². The number of rotatable bonds is 4. The molecule has 0 radical (unpaired) electrons. The predicted molar refractivity (Wildman–Crippen MR) is 68.1 cm³/mol. The molecule has 2 aliphatic rings. The topological polar surface area (TPSA) is 24.9 Å². The van der Waals surface area contributed by atoms with Gasteiger partial charge in [0, 0.05) is 19.0 Å². The SMILES string of the molecule is CN1CCC(N(C)CCC2OCCCO2)CC1. The van der Waals surface area contributed by atoms with E-state index >= 15 is 0 Å². The van der Waals surface area contributed by atoms with Gasteiger partial charge in [-0.2, -0.15) is 0 Å². The Balaban J connectivity index is 1.64. The highest BCUT2D eigenvalue weighted by atomic mass is 16.7. The van der Waals surface area contributed by atoms with Crippen molar-refractivity contribution in [1.29, 1.82) is 0 Å². The van der Waals surface area contributed by atoms with E-state index in [9.17, 15) is 0 Å². The Morgan fingerprint density at radius 2 is 1.82 bits per heavy atom. The van der Waals surface area contributed by atoms with Crippen LogP contribution in [-0.4, -0.2) is 69.1 Å². The van der Waals surface area contributed by atoms with Gasteiger partial charge in [-0.3, -0.25) is 0 Å². The van der Waals surface area contributed by atoms with Crippen molar-refractivity contribution in [3.63, 3.8) is 0 Å². The van der Waals surface area contributed by atoms with Crippen LogP contribution < -0.4 is 0 Å². The lowest BCUT2D eigenvalue weighted by Gasteiger charge is -2.35. The Hall–Kier alpha value is -0.160. The van der Waals surface area contributed by atoms with E-state index in [4.69, 9.17) is 9.47 Å². The molecule has 17 heavy (non-hydrogen) atoms. The minimum absolute atomic E-state index is 0.0393. The summed E-state index contributed by atoms with van der Waals surface area (Å²) in [5.41, 5.74) is 0. The molecule has 4 heteroatoms. The first-order valence-corrected chi connectivity index (χ1v) is 6.87. The maximum atomic E-state index is 5.58. The van der Waals surface area contributed by atoms with Gasteiger partial charge in [0.2, 0.25) is 0 Å². The highest BCUT2D eigenvalue weighted by Crippen LogP contribution is 2.16. The second-order valence-electron chi connectivity index (χ2n) is 5.33. The van der Waals surface area contributed by atoms with E-state index in [1.54, 1.807) is 0 Å². The minimum Gasteiger partial charge on any atom is -0.353 e. The summed E-state index contributed by atoms with van der Waals surface area (Å²) in [5.74, 6) is 0. The summed E-state index contributed by atoms with van der Waals surface area (Å²) in [6.45, 7) is 5.27. The molecule has 2 heterocycles. The zero-order valence-corrected chi connectivity index (χ0v) is 11.2. The standard InChI is InChI=1S/C13H26N2O2/c1-14-7-4-12(5-8-14)15(2)9-6-13-16-10-3-11-17-13/h12-13H,3-11H2,1-2H3. The highest BCUT2D eigenvalue weighted by molar-refractivity contribution is 4.76. The third-order valence-corrected chi connectivity index (χ3v) is 3.93. The van der Waals surface area contributed by atoms with Crippen molar-refractivity contribution < 1.29 is 9.47 Å². The van der Waals surface area contributed by atoms with Gasteiger partial charge in [0.05, 0.1) is 13.2 Å². The van der Waals surface area contributed by atoms with Crippen molar-refractivity contribution >= 4 is 0 Å². The number of piperidine rings is 1. The third kappa shape index (κ3) is 4.21. The molecule has 0 unspecified atom stereocenters. The molecule has 2 saturated heterocycles. The van der Waals surface area contributed by atoms with Gasteiger partial charge in [0.1, 0.15) is 0 Å². The molecule has 0 aromatic heterocycles. The Morgan fingerprint density at radius 1 is 1.18 bits per heavy atom. The molecular weight excluding hydrogens is 216 g/mol. The Morgan fingerprint density at radius 3 is 2.47 bits per heavy atom. The molecule has 0 spiro atoms. The molecule has 0 aromatic rings. The molecular formula is C13H26N2O2. The number of ether oxygens (including phenoxy) is 2. The number of nitrogens with zero attached hydrogens (tertiary/aromatic N) is 2. The van der Waals surface area contributed by atoms with E-state index in [0.717, 1.165) is 38.6 Å². The van der Waals surface area contributed by atoms with Crippen molar-refractivity contribution in [2.24, 2.45) is 0 Å². The first-order chi connectivity index (χ1) is 8.25. The van der Waals surface area contributed by atoms with E-state index in [0.29, 0.717) is 0 Å². The van der Waals surface area contributed by atoms with Gasteiger partial charge < -0.3 is 19.3 Å². The largest absolute Gasteiger partial charge is 0.353 e. The van der Waals surface area contributed by atoms with E-state index in [-0.39, 0.29) is 6.29 Å². The average Bonchev–Trinajstić information content (AvgIpc) is 2.38. The van der Waals surface area contributed by atoms with Crippen LogP contribution in [0.25, 0.3) is 0 Å². The van der Waals surface area contributed by atoms with Crippen LogP contribution in [0, 0.1) is 0 Å². The van der Waals surface area contributed by atoms with Crippen molar-refractivity contribution in [2.45, 2.75) is 38.0 Å². The van der Waals surface area contributed by atoms with Crippen LogP contribution in [0.15, 0.2) is 0 Å². The predicted octanol–water partition coefficient (Wildman–Crippen LogP) is 1.17. The molecule has 0 aromatic carbocycles. The average molecular weight is 242 g/mol. The highest BCUT2D eigenvalue weighted by Gasteiger charge is 2.22. The fourth-order valence-corrected chi connectivity index (χ4v) is 2.63. The van der Waals surface area contributed by atoms with Crippen LogP contribution in [-0.2, 0) is 9.47 Å². The zero-order chi connectivity index (χ0) is 12.1. The zero-order valence-electron chi connectivity index (χ0n) is 11.2. The summed E-state index contributed by atoms with van der Waals surface area (Å²) >= 11 is 0. The van der Waals surface area contributed by atoms with Crippen molar-refractivity contribution in [2.75, 3.05) is 46.9 Å². The van der Waals surface area contributed by atoms with E-state index in [1.807, 2.05) is 0 Å². The summed E-state index contributed by atoms with van der Waals surface area (Å²) in [6.07, 6.45) is 4.67. The van der Waals surface area contributed by atoms with Crippen molar-refractivity contribution in [1.82, 2.24) is 9.80 Å². The molecule has 0 N–H and O–H groups in total. The lowest BCUT2D eigenvalue weighted by atomic mass is 10.0. The quantitative estimate of drug-likeness (QED) is 0.739.